The number of ether oxygens (including phenoxy) is 3. The molecule has 0 bridgehead atoms. The molecule has 4 aromatic rings. The van der Waals surface area contributed by atoms with Gasteiger partial charge in [0, 0.05) is 30.1 Å². The summed E-state index contributed by atoms with van der Waals surface area (Å²) in [7, 11) is 0. The van der Waals surface area contributed by atoms with Gasteiger partial charge in [-0.3, -0.25) is 14.2 Å². The van der Waals surface area contributed by atoms with Crippen molar-refractivity contribution in [3.8, 4) is 28.7 Å². The van der Waals surface area contributed by atoms with Crippen LogP contribution in [0, 0.1) is 18.3 Å². The van der Waals surface area contributed by atoms with Gasteiger partial charge in [-0.15, -0.1) is 0 Å². The highest BCUT2D eigenvalue weighted by molar-refractivity contribution is 5.95. The molecule has 1 N–H and O–H groups in total. The molecule has 0 aliphatic heterocycles. The van der Waals surface area contributed by atoms with Crippen molar-refractivity contribution in [1.29, 1.82) is 5.26 Å². The largest absolute Gasteiger partial charge is 0.416 e. The number of rotatable bonds is 15. The standard InChI is InChI=1S/C33H34F3N5O5/c1-3-14-44-16-18-46-19-17-45-15-13-38-31(42)29-21-28(30-11-12-39-41(30)26-9-7-24(22-37)8-10-26)23(2)40(32(29)43)27-6-4-5-25(20-27)33(34,35)36/h4-12,20-21H,3,13-19H2,1-2H3,(H,38,42). The third kappa shape index (κ3) is 8.48. The fourth-order valence-electron chi connectivity index (χ4n) is 4.67. The number of hydrogen-bond donors (Lipinski definition) is 1. The van der Waals surface area contributed by atoms with Crippen LogP contribution < -0.4 is 10.9 Å². The lowest BCUT2D eigenvalue weighted by molar-refractivity contribution is -0.137. The zero-order valence-electron chi connectivity index (χ0n) is 25.5. The van der Waals surface area contributed by atoms with Gasteiger partial charge in [0.2, 0.25) is 0 Å². The Labute approximate surface area is 263 Å². The molecule has 0 saturated heterocycles. The summed E-state index contributed by atoms with van der Waals surface area (Å²) in [5, 5.41) is 16.2. The molecule has 46 heavy (non-hydrogen) atoms. The molecule has 2 heterocycles. The first-order chi connectivity index (χ1) is 22.2. The van der Waals surface area contributed by atoms with E-state index in [1.165, 1.54) is 24.4 Å². The van der Waals surface area contributed by atoms with Crippen LogP contribution in [0.5, 0.6) is 0 Å². The lowest BCUT2D eigenvalue weighted by Gasteiger charge is -2.19. The topological polar surface area (TPSA) is 120 Å². The Balaban J connectivity index is 1.62. The molecular weight excluding hydrogens is 603 g/mol. The molecule has 242 valence electrons. The number of benzene rings is 2. The van der Waals surface area contributed by atoms with Crippen molar-refractivity contribution in [3.05, 3.63) is 99.6 Å². The molecule has 0 radical (unpaired) electrons. The highest BCUT2D eigenvalue weighted by atomic mass is 19.4. The van der Waals surface area contributed by atoms with Gasteiger partial charge in [0.15, 0.2) is 0 Å². The minimum absolute atomic E-state index is 0.0545. The number of nitriles is 1. The molecule has 2 aromatic heterocycles. The second kappa shape index (κ2) is 16.0. The zero-order chi connectivity index (χ0) is 33.1. The van der Waals surface area contributed by atoms with Crippen LogP contribution in [0.4, 0.5) is 13.2 Å². The van der Waals surface area contributed by atoms with Gasteiger partial charge in [0.05, 0.1) is 67.8 Å². The molecule has 0 aliphatic carbocycles. The maximum absolute atomic E-state index is 13.8. The van der Waals surface area contributed by atoms with Gasteiger partial charge < -0.3 is 19.5 Å². The van der Waals surface area contributed by atoms with E-state index in [4.69, 9.17) is 14.2 Å². The highest BCUT2D eigenvalue weighted by Crippen LogP contribution is 2.32. The Hall–Kier alpha value is -4.77. The smallest absolute Gasteiger partial charge is 0.379 e. The van der Waals surface area contributed by atoms with Crippen LogP contribution in [0.15, 0.2) is 71.7 Å². The van der Waals surface area contributed by atoms with Crippen LogP contribution >= 0.6 is 0 Å². The van der Waals surface area contributed by atoms with Gasteiger partial charge in [-0.1, -0.05) is 13.0 Å². The summed E-state index contributed by atoms with van der Waals surface area (Å²) in [6.07, 6.45) is -2.19. The van der Waals surface area contributed by atoms with E-state index in [0.29, 0.717) is 61.2 Å². The predicted molar refractivity (Wildman–Crippen MR) is 164 cm³/mol. The van der Waals surface area contributed by atoms with Gasteiger partial charge in [0.25, 0.3) is 11.5 Å². The average Bonchev–Trinajstić information content (AvgIpc) is 3.53. The first-order valence-electron chi connectivity index (χ1n) is 14.7. The van der Waals surface area contributed by atoms with Crippen molar-refractivity contribution in [3.63, 3.8) is 0 Å². The summed E-state index contributed by atoms with van der Waals surface area (Å²) >= 11 is 0. The molecule has 0 unspecified atom stereocenters. The fourth-order valence-corrected chi connectivity index (χ4v) is 4.67. The number of pyridine rings is 1. The summed E-state index contributed by atoms with van der Waals surface area (Å²) in [6.45, 7) is 6.08. The van der Waals surface area contributed by atoms with Crippen molar-refractivity contribution in [1.82, 2.24) is 19.7 Å². The molecule has 2 aromatic carbocycles. The van der Waals surface area contributed by atoms with E-state index in [-0.39, 0.29) is 24.4 Å². The Morgan fingerprint density at radius 3 is 2.26 bits per heavy atom. The molecule has 1 amide bonds. The van der Waals surface area contributed by atoms with Gasteiger partial charge in [-0.25, -0.2) is 4.68 Å². The van der Waals surface area contributed by atoms with Crippen LogP contribution in [-0.2, 0) is 20.4 Å². The van der Waals surface area contributed by atoms with Crippen molar-refractivity contribution < 1.29 is 32.2 Å². The number of nitrogens with zero attached hydrogens (tertiary/aromatic N) is 4. The van der Waals surface area contributed by atoms with Gasteiger partial charge >= 0.3 is 6.18 Å². The fraction of sp³-hybridized carbons (Fsp3) is 0.333. The molecular formula is C33H34F3N5O5. The van der Waals surface area contributed by atoms with Crippen LogP contribution in [-0.4, -0.2) is 66.4 Å². The quantitative estimate of drug-likeness (QED) is 0.181. The van der Waals surface area contributed by atoms with Crippen LogP contribution in [0.1, 0.15) is 40.5 Å². The summed E-state index contributed by atoms with van der Waals surface area (Å²) in [6, 6.07) is 16.1. The Morgan fingerprint density at radius 1 is 0.935 bits per heavy atom. The Bertz CT molecular complexity index is 1730. The van der Waals surface area contributed by atoms with Crippen molar-refractivity contribution in [2.75, 3.05) is 46.2 Å². The summed E-state index contributed by atoms with van der Waals surface area (Å²) in [5.74, 6) is -0.718. The second-order valence-electron chi connectivity index (χ2n) is 10.1. The zero-order valence-corrected chi connectivity index (χ0v) is 25.5. The average molecular weight is 638 g/mol. The number of halogens is 3. The minimum Gasteiger partial charge on any atom is -0.379 e. The number of aromatic nitrogens is 3. The molecule has 0 atom stereocenters. The molecule has 0 fully saturated rings. The van der Waals surface area contributed by atoms with Crippen molar-refractivity contribution in [2.24, 2.45) is 0 Å². The second-order valence-corrected chi connectivity index (χ2v) is 10.1. The van der Waals surface area contributed by atoms with Crippen LogP contribution in [0.2, 0.25) is 0 Å². The van der Waals surface area contributed by atoms with Gasteiger partial charge in [-0.05, 0) is 67.9 Å². The number of carbonyl (C=O) groups excluding carboxylic acids is 1. The molecule has 13 heteroatoms. The monoisotopic (exact) mass is 637 g/mol. The van der Waals surface area contributed by atoms with Crippen LogP contribution in [0.25, 0.3) is 22.6 Å². The Kier molecular flexibility index (Phi) is 11.9. The third-order valence-corrected chi connectivity index (χ3v) is 6.91. The van der Waals surface area contributed by atoms with Gasteiger partial charge in [0.1, 0.15) is 5.56 Å². The van der Waals surface area contributed by atoms with E-state index < -0.39 is 23.2 Å². The van der Waals surface area contributed by atoms with E-state index in [1.54, 1.807) is 41.9 Å². The van der Waals surface area contributed by atoms with Crippen LogP contribution in [0.3, 0.4) is 0 Å². The predicted octanol–water partition coefficient (Wildman–Crippen LogP) is 5.08. The molecule has 0 saturated carbocycles. The molecule has 0 spiro atoms. The SMILES string of the molecule is CCCOCCOCCOCCNC(=O)c1cc(-c2ccnn2-c2ccc(C#N)cc2)c(C)n(-c2cccc(C(F)(F)F)c2)c1=O. The normalized spacial score (nSPS) is 11.4. The summed E-state index contributed by atoms with van der Waals surface area (Å²) in [4.78, 5) is 27.1. The van der Waals surface area contributed by atoms with E-state index in [1.807, 2.05) is 6.92 Å². The molecule has 0 aliphatic rings. The van der Waals surface area contributed by atoms with E-state index in [2.05, 4.69) is 16.5 Å². The molecule has 10 nitrogen and oxygen atoms in total. The first kappa shape index (κ1) is 34.1. The lowest BCUT2D eigenvalue weighted by atomic mass is 10.0. The van der Waals surface area contributed by atoms with E-state index in [0.717, 1.165) is 23.1 Å². The molecule has 4 rings (SSSR count). The lowest BCUT2D eigenvalue weighted by Crippen LogP contribution is -2.35. The van der Waals surface area contributed by atoms with E-state index >= 15 is 0 Å². The van der Waals surface area contributed by atoms with Crippen molar-refractivity contribution in [2.45, 2.75) is 26.4 Å². The Morgan fingerprint density at radius 2 is 1.61 bits per heavy atom. The number of alkyl halides is 3. The highest BCUT2D eigenvalue weighted by Gasteiger charge is 2.31. The van der Waals surface area contributed by atoms with E-state index in [9.17, 15) is 28.0 Å². The number of nitrogens with one attached hydrogen (secondary N) is 1. The summed E-state index contributed by atoms with van der Waals surface area (Å²) < 4.78 is 59.7. The number of amides is 1. The van der Waals surface area contributed by atoms with Crippen molar-refractivity contribution >= 4 is 5.91 Å². The van der Waals surface area contributed by atoms with Gasteiger partial charge in [-0.2, -0.15) is 23.5 Å². The summed E-state index contributed by atoms with van der Waals surface area (Å²) in [5.41, 5.74) is 0.129. The maximum atomic E-state index is 13.8. The first-order valence-corrected chi connectivity index (χ1v) is 14.7. The minimum atomic E-state index is -4.65. The number of hydrogen-bond acceptors (Lipinski definition) is 7. The number of carbonyl (C=O) groups is 1. The third-order valence-electron chi connectivity index (χ3n) is 6.91. The maximum Gasteiger partial charge on any atom is 0.416 e.